The first-order valence-corrected chi connectivity index (χ1v) is 20.9. The Bertz CT molecular complexity index is 2340. The maximum atomic E-state index is 14.4. The number of aromatic nitrogens is 3. The third-order valence-corrected chi connectivity index (χ3v) is 16.0. The highest BCUT2D eigenvalue weighted by molar-refractivity contribution is 6.99. The highest BCUT2D eigenvalue weighted by Gasteiger charge is 2.50. The number of cyclic esters (lactones) is 1. The largest absolute Gasteiger partial charge is 0.452 e. The van der Waals surface area contributed by atoms with Gasteiger partial charge in [0.15, 0.2) is 5.65 Å². The molecule has 0 aliphatic carbocycles. The van der Waals surface area contributed by atoms with Crippen LogP contribution in [0.2, 0.25) is 5.04 Å². The number of fused-ring (bicyclic) bond motifs is 1. The van der Waals surface area contributed by atoms with Gasteiger partial charge in [0.2, 0.25) is 11.7 Å². The molecule has 2 amide bonds. The second-order valence-electron chi connectivity index (χ2n) is 15.7. The van der Waals surface area contributed by atoms with Crippen LogP contribution in [0.1, 0.15) is 72.3 Å². The van der Waals surface area contributed by atoms with Crippen molar-refractivity contribution in [3.8, 4) is 0 Å². The number of rotatable bonds is 11. The van der Waals surface area contributed by atoms with Gasteiger partial charge in [-0.25, -0.2) is 9.69 Å². The summed E-state index contributed by atoms with van der Waals surface area (Å²) < 4.78 is 55.3. The van der Waals surface area contributed by atoms with Gasteiger partial charge in [-0.3, -0.25) is 9.20 Å². The number of hydrogen-bond donors (Lipinski definition) is 0. The van der Waals surface area contributed by atoms with Crippen LogP contribution in [0.3, 0.4) is 0 Å². The molecular formula is C45H45F3N4O4Si. The topological polar surface area (TPSA) is 86.0 Å². The van der Waals surface area contributed by atoms with E-state index in [2.05, 4.69) is 55.2 Å². The second kappa shape index (κ2) is 15.7. The van der Waals surface area contributed by atoms with Gasteiger partial charge in [0.1, 0.15) is 6.61 Å². The second-order valence-corrected chi connectivity index (χ2v) is 20.0. The van der Waals surface area contributed by atoms with Crippen molar-refractivity contribution in [1.29, 1.82) is 0 Å². The van der Waals surface area contributed by atoms with Crippen LogP contribution in [0.5, 0.6) is 0 Å². The molecular weight excluding hydrogens is 746 g/mol. The lowest BCUT2D eigenvalue weighted by Gasteiger charge is -2.43. The van der Waals surface area contributed by atoms with Crippen molar-refractivity contribution in [1.82, 2.24) is 19.5 Å². The molecule has 1 saturated heterocycles. The molecule has 7 rings (SSSR count). The molecule has 0 saturated carbocycles. The Morgan fingerprint density at radius 3 is 2.09 bits per heavy atom. The number of alkyl halides is 3. The molecule has 6 aromatic rings. The van der Waals surface area contributed by atoms with Crippen LogP contribution in [0.15, 0.2) is 121 Å². The quantitative estimate of drug-likeness (QED) is 0.122. The molecule has 0 N–H and O–H groups in total. The van der Waals surface area contributed by atoms with E-state index >= 15 is 0 Å². The van der Waals surface area contributed by atoms with Crippen LogP contribution < -0.4 is 10.4 Å². The molecule has 294 valence electrons. The summed E-state index contributed by atoms with van der Waals surface area (Å²) in [6.07, 6.45) is -3.88. The fourth-order valence-corrected chi connectivity index (χ4v) is 12.7. The van der Waals surface area contributed by atoms with Crippen LogP contribution >= 0.6 is 0 Å². The summed E-state index contributed by atoms with van der Waals surface area (Å²) in [5.74, 6) is -2.26. The molecule has 4 aromatic carbocycles. The van der Waals surface area contributed by atoms with E-state index in [1.165, 1.54) is 11.1 Å². The molecule has 2 unspecified atom stereocenters. The van der Waals surface area contributed by atoms with Crippen LogP contribution in [0.4, 0.5) is 18.0 Å². The fourth-order valence-electron chi connectivity index (χ4n) is 8.16. The zero-order valence-corrected chi connectivity index (χ0v) is 33.6. The van der Waals surface area contributed by atoms with E-state index in [-0.39, 0.29) is 30.3 Å². The summed E-state index contributed by atoms with van der Waals surface area (Å²) in [6.45, 7) is 10.7. The summed E-state index contributed by atoms with van der Waals surface area (Å²) in [7, 11) is -2.93. The molecule has 0 radical (unpaired) electrons. The summed E-state index contributed by atoms with van der Waals surface area (Å²) in [5.41, 5.74) is 4.63. The molecule has 0 bridgehead atoms. The van der Waals surface area contributed by atoms with E-state index in [4.69, 9.17) is 9.16 Å². The Balaban J connectivity index is 1.30. The average Bonchev–Trinajstić information content (AvgIpc) is 3.80. The number of halogens is 3. The SMILES string of the molecule is Cc1ccc(C(CC(=O)N2C(=O)OCC2Cc2ccccc2)c2ccn3c(C(F)(F)F)nnc3c2C)cc1CO[Si](c1ccccc1)(c1ccccc1)C(C)(C)C. The minimum absolute atomic E-state index is 0.0298. The minimum atomic E-state index is -4.72. The van der Waals surface area contributed by atoms with Gasteiger partial charge in [0, 0.05) is 18.5 Å². The Hall–Kier alpha value is -5.59. The summed E-state index contributed by atoms with van der Waals surface area (Å²) >= 11 is 0. The van der Waals surface area contributed by atoms with Gasteiger partial charge in [0.25, 0.3) is 8.32 Å². The lowest BCUT2D eigenvalue weighted by molar-refractivity contribution is -0.145. The van der Waals surface area contributed by atoms with E-state index in [1.54, 1.807) is 13.0 Å². The average molecular weight is 791 g/mol. The molecule has 2 atom stereocenters. The van der Waals surface area contributed by atoms with Crippen LogP contribution in [0.25, 0.3) is 5.65 Å². The van der Waals surface area contributed by atoms with E-state index in [0.29, 0.717) is 17.5 Å². The normalized spacial score (nSPS) is 15.5. The van der Waals surface area contributed by atoms with E-state index in [9.17, 15) is 22.8 Å². The van der Waals surface area contributed by atoms with Gasteiger partial charge in [-0.2, -0.15) is 13.2 Å². The summed E-state index contributed by atoms with van der Waals surface area (Å²) in [6, 6.07) is 37.2. The summed E-state index contributed by atoms with van der Waals surface area (Å²) in [4.78, 5) is 28.7. The predicted molar refractivity (Wildman–Crippen MR) is 215 cm³/mol. The standard InChI is InChI=1S/C45H45F3N4O4Si/c1-30-21-22-33(26-34(30)28-56-57(44(3,4)5,36-17-11-7-12-18-36)37-19-13-8-14-20-37)39(38-23-24-51-41(31(38)2)49-50-42(51)45(46,47)48)27-40(53)52-35(29-55-43(52)54)25-32-15-9-6-10-16-32/h6-24,26,35,39H,25,27-29H2,1-5H3. The smallest absolute Gasteiger partial charge is 0.447 e. The van der Waals surface area contributed by atoms with Gasteiger partial charge < -0.3 is 9.16 Å². The molecule has 1 aliphatic heterocycles. The number of amides is 2. The highest BCUT2D eigenvalue weighted by Crippen LogP contribution is 2.39. The number of aryl methyl sites for hydroxylation is 2. The number of carbonyl (C=O) groups is 2. The Kier molecular flexibility index (Phi) is 10.9. The zero-order valence-electron chi connectivity index (χ0n) is 32.6. The third kappa shape index (κ3) is 7.76. The van der Waals surface area contributed by atoms with Gasteiger partial charge in [-0.05, 0) is 75.1 Å². The number of carbonyl (C=O) groups excluding carboxylic acids is 2. The molecule has 0 spiro atoms. The van der Waals surface area contributed by atoms with Gasteiger partial charge in [-0.15, -0.1) is 10.2 Å². The number of nitrogens with zero attached hydrogens (tertiary/aromatic N) is 4. The third-order valence-electron chi connectivity index (χ3n) is 11.1. The monoisotopic (exact) mass is 790 g/mol. The van der Waals surface area contributed by atoms with E-state index in [1.807, 2.05) is 91.9 Å². The first kappa shape index (κ1) is 39.6. The fraction of sp³-hybridized carbons (Fsp3) is 0.289. The molecule has 1 aliphatic rings. The van der Waals surface area contributed by atoms with Crippen molar-refractivity contribution in [2.45, 2.75) is 77.2 Å². The van der Waals surface area contributed by atoms with E-state index < -0.39 is 44.3 Å². The van der Waals surface area contributed by atoms with E-state index in [0.717, 1.165) is 37.0 Å². The summed E-state index contributed by atoms with van der Waals surface area (Å²) in [5, 5.41) is 9.40. The molecule has 57 heavy (non-hydrogen) atoms. The Labute approximate surface area is 331 Å². The lowest BCUT2D eigenvalue weighted by Crippen LogP contribution is -2.66. The molecule has 8 nitrogen and oxygen atoms in total. The van der Waals surface area contributed by atoms with Gasteiger partial charge >= 0.3 is 12.3 Å². The van der Waals surface area contributed by atoms with Crippen LogP contribution in [-0.2, 0) is 33.2 Å². The van der Waals surface area contributed by atoms with Crippen molar-refractivity contribution in [2.24, 2.45) is 0 Å². The van der Waals surface area contributed by atoms with Gasteiger partial charge in [0.05, 0.1) is 12.6 Å². The zero-order chi connectivity index (χ0) is 40.5. The highest BCUT2D eigenvalue weighted by atomic mass is 28.4. The Morgan fingerprint density at radius 2 is 1.49 bits per heavy atom. The maximum absolute atomic E-state index is 14.4. The molecule has 1 fully saturated rings. The van der Waals surface area contributed by atoms with Crippen molar-refractivity contribution in [3.63, 3.8) is 0 Å². The van der Waals surface area contributed by atoms with Crippen molar-refractivity contribution < 1.29 is 31.9 Å². The first-order valence-electron chi connectivity index (χ1n) is 19.0. The lowest BCUT2D eigenvalue weighted by atomic mass is 9.84. The number of imide groups is 1. The number of benzene rings is 4. The number of hydrogen-bond acceptors (Lipinski definition) is 6. The molecule has 12 heteroatoms. The predicted octanol–water partition coefficient (Wildman–Crippen LogP) is 8.55. The maximum Gasteiger partial charge on any atom is 0.452 e. The van der Waals surface area contributed by atoms with Crippen LogP contribution in [0, 0.1) is 13.8 Å². The number of ether oxygens (including phenoxy) is 1. The number of pyridine rings is 1. The minimum Gasteiger partial charge on any atom is -0.447 e. The van der Waals surface area contributed by atoms with Crippen molar-refractivity contribution in [2.75, 3.05) is 6.61 Å². The molecule has 2 aromatic heterocycles. The van der Waals surface area contributed by atoms with Crippen molar-refractivity contribution >= 4 is 36.3 Å². The van der Waals surface area contributed by atoms with Gasteiger partial charge in [-0.1, -0.05) is 130 Å². The van der Waals surface area contributed by atoms with Crippen LogP contribution in [-0.4, -0.2) is 52.5 Å². The molecule has 3 heterocycles. The first-order chi connectivity index (χ1) is 27.2. The van der Waals surface area contributed by atoms with Crippen molar-refractivity contribution in [3.05, 3.63) is 161 Å². The Morgan fingerprint density at radius 1 is 0.877 bits per heavy atom.